The van der Waals surface area contributed by atoms with Crippen LogP contribution in [0.5, 0.6) is 0 Å². The molecule has 215 valence electrons. The molecule has 5 heteroatoms. The van der Waals surface area contributed by atoms with Crippen LogP contribution in [0.4, 0.5) is 0 Å². The minimum Gasteiger partial charge on any atom is -0.455 e. The maximum absolute atomic E-state index is 6.39. The zero-order valence-corrected chi connectivity index (χ0v) is 26.3. The smallest absolute Gasteiger partial charge is 0.145 e. The molecule has 0 spiro atoms. The number of hydrogen-bond donors (Lipinski definition) is 0. The second-order valence-electron chi connectivity index (χ2n) is 10.8. The van der Waals surface area contributed by atoms with Gasteiger partial charge in [-0.05, 0) is 52.6 Å². The molecule has 0 amide bonds. The first-order valence-corrected chi connectivity index (χ1v) is 14.6. The van der Waals surface area contributed by atoms with Crippen LogP contribution in [0.15, 0.2) is 144 Å². The Balaban J connectivity index is 0.000000196. The molecule has 0 atom stereocenters. The molecule has 0 aliphatic carbocycles. The van der Waals surface area contributed by atoms with E-state index in [9.17, 15) is 0 Å². The predicted octanol–water partition coefficient (Wildman–Crippen LogP) is 10.1. The molecule has 0 saturated carbocycles. The number of nitrogens with zero attached hydrogens (tertiary/aromatic N) is 3. The molecule has 5 heterocycles. The average Bonchev–Trinajstić information content (AvgIpc) is 3.76. The Kier molecular flexibility index (Phi) is 6.64. The van der Waals surface area contributed by atoms with Crippen LogP contribution in [-0.2, 0) is 20.1 Å². The summed E-state index contributed by atoms with van der Waals surface area (Å²) >= 11 is 0. The maximum atomic E-state index is 6.39. The van der Waals surface area contributed by atoms with Crippen molar-refractivity contribution in [1.82, 2.24) is 14.4 Å². The molecule has 10 rings (SSSR count). The monoisotopic (exact) mass is 754 g/mol. The van der Waals surface area contributed by atoms with Crippen LogP contribution in [-0.4, -0.2) is 14.4 Å². The molecule has 0 saturated heterocycles. The van der Waals surface area contributed by atoms with Crippen molar-refractivity contribution in [3.8, 4) is 22.5 Å². The number of benzene rings is 5. The van der Waals surface area contributed by atoms with Gasteiger partial charge in [0, 0.05) is 54.2 Å². The van der Waals surface area contributed by atoms with Crippen LogP contribution in [0.25, 0.3) is 82.5 Å². The van der Waals surface area contributed by atoms with Gasteiger partial charge in [-0.3, -0.25) is 0 Å². The molecule has 0 N–H and O–H groups in total. The summed E-state index contributed by atoms with van der Waals surface area (Å²) in [7, 11) is 0. The molecule has 0 fully saturated rings. The Labute approximate surface area is 272 Å². The molecule has 0 aliphatic rings. The van der Waals surface area contributed by atoms with Crippen molar-refractivity contribution in [3.05, 3.63) is 152 Å². The fourth-order valence-corrected chi connectivity index (χ4v) is 6.43. The molecule has 5 aromatic carbocycles. The first-order valence-electron chi connectivity index (χ1n) is 14.6. The molecular weight excluding hydrogens is 731 g/mol. The van der Waals surface area contributed by atoms with Crippen molar-refractivity contribution >= 4 is 60.0 Å². The van der Waals surface area contributed by atoms with Gasteiger partial charge in [0.1, 0.15) is 11.2 Å². The van der Waals surface area contributed by atoms with Crippen LogP contribution in [0, 0.1) is 12.1 Å². The number of hydrogen-bond acceptors (Lipinski definition) is 3. The minimum atomic E-state index is 0. The van der Waals surface area contributed by atoms with Crippen molar-refractivity contribution in [1.29, 1.82) is 0 Å². The van der Waals surface area contributed by atoms with Gasteiger partial charge in [0.25, 0.3) is 0 Å². The molecule has 45 heavy (non-hydrogen) atoms. The molecule has 5 aromatic heterocycles. The number of para-hydroxylation sites is 2. The molecule has 0 bridgehead atoms. The van der Waals surface area contributed by atoms with Crippen molar-refractivity contribution in [2.24, 2.45) is 0 Å². The first-order chi connectivity index (χ1) is 21.8. The van der Waals surface area contributed by atoms with Gasteiger partial charge in [-0.25, -0.2) is 0 Å². The third kappa shape index (κ3) is 4.32. The quantitative estimate of drug-likeness (QED) is 0.165. The van der Waals surface area contributed by atoms with E-state index in [-0.39, 0.29) is 20.1 Å². The predicted molar refractivity (Wildman–Crippen MR) is 179 cm³/mol. The Bertz CT molecular complexity index is 2550. The molecular formula is C40H23IrN3O-2. The second-order valence-corrected chi connectivity index (χ2v) is 10.8. The zero-order valence-electron chi connectivity index (χ0n) is 23.9. The van der Waals surface area contributed by atoms with E-state index in [2.05, 4.69) is 81.1 Å². The van der Waals surface area contributed by atoms with Gasteiger partial charge >= 0.3 is 0 Å². The fraction of sp³-hybridized carbons (Fsp3) is 0. The standard InChI is InChI=1S/C29H15N2O.C11H8N.Ir/c1-2-10-26-18(6-1)20-12-14-25-27(29(20)32-26)21-8-5-7-19-22-16-17(23-9-3-4-15-30-23)11-13-24(22)31(25)28(19)21;1-2-6-10(7-3-1)11-8-4-5-9-12-11;/h1-10,12-16H;1-6,8-9H;/q2*-1;. The zero-order chi connectivity index (χ0) is 29.0. The van der Waals surface area contributed by atoms with E-state index >= 15 is 0 Å². The van der Waals surface area contributed by atoms with Gasteiger partial charge < -0.3 is 18.8 Å². The summed E-state index contributed by atoms with van der Waals surface area (Å²) in [6, 6.07) is 49.8. The summed E-state index contributed by atoms with van der Waals surface area (Å²) in [6.07, 6.45) is 3.61. The summed E-state index contributed by atoms with van der Waals surface area (Å²) in [4.78, 5) is 8.73. The molecule has 10 aromatic rings. The number of pyridine rings is 2. The van der Waals surface area contributed by atoms with Crippen LogP contribution in [0.1, 0.15) is 0 Å². The number of rotatable bonds is 2. The van der Waals surface area contributed by atoms with Gasteiger partial charge in [-0.2, -0.15) is 0 Å². The van der Waals surface area contributed by atoms with Crippen LogP contribution >= 0.6 is 0 Å². The van der Waals surface area contributed by atoms with E-state index in [1.165, 1.54) is 27.1 Å². The van der Waals surface area contributed by atoms with Gasteiger partial charge in [0.15, 0.2) is 0 Å². The summed E-state index contributed by atoms with van der Waals surface area (Å²) in [5.74, 6) is 0. The van der Waals surface area contributed by atoms with Gasteiger partial charge in [0.05, 0.1) is 10.9 Å². The van der Waals surface area contributed by atoms with E-state index in [0.29, 0.717) is 0 Å². The third-order valence-electron chi connectivity index (χ3n) is 8.35. The Morgan fingerprint density at radius 2 is 1.29 bits per heavy atom. The average molecular weight is 754 g/mol. The van der Waals surface area contributed by atoms with Gasteiger partial charge in [-0.15, -0.1) is 59.7 Å². The third-order valence-corrected chi connectivity index (χ3v) is 8.35. The Hall–Kier alpha value is -5.35. The Morgan fingerprint density at radius 1 is 0.556 bits per heavy atom. The SMILES string of the molecule is [Ir].[c-]1cc2c(cc1-c1ccccn1)c1cccc3c4c5oc6ccccc6c5ccc4n2c13.[c-]1ccccc1-c1ccccn1. The molecule has 1 radical (unpaired) electrons. The summed E-state index contributed by atoms with van der Waals surface area (Å²) in [6.45, 7) is 0. The molecule has 0 aliphatic heterocycles. The van der Waals surface area contributed by atoms with Crippen LogP contribution < -0.4 is 0 Å². The summed E-state index contributed by atoms with van der Waals surface area (Å²) in [5, 5.41) is 7.18. The van der Waals surface area contributed by atoms with E-state index in [1.54, 1.807) is 6.20 Å². The minimum absolute atomic E-state index is 0. The first kappa shape index (κ1) is 27.2. The van der Waals surface area contributed by atoms with Crippen molar-refractivity contribution < 1.29 is 24.5 Å². The Morgan fingerprint density at radius 3 is 2.07 bits per heavy atom. The van der Waals surface area contributed by atoms with E-state index in [0.717, 1.165) is 55.5 Å². The van der Waals surface area contributed by atoms with Crippen molar-refractivity contribution in [2.75, 3.05) is 0 Å². The number of furan rings is 1. The van der Waals surface area contributed by atoms with Crippen molar-refractivity contribution in [3.63, 3.8) is 0 Å². The van der Waals surface area contributed by atoms with E-state index in [1.807, 2.05) is 79.0 Å². The van der Waals surface area contributed by atoms with Gasteiger partial charge in [0.2, 0.25) is 0 Å². The van der Waals surface area contributed by atoms with Crippen LogP contribution in [0.2, 0.25) is 0 Å². The molecule has 0 unspecified atom stereocenters. The van der Waals surface area contributed by atoms with E-state index < -0.39 is 0 Å². The van der Waals surface area contributed by atoms with E-state index in [4.69, 9.17) is 4.42 Å². The normalized spacial score (nSPS) is 11.4. The largest absolute Gasteiger partial charge is 0.455 e. The topological polar surface area (TPSA) is 43.3 Å². The second kappa shape index (κ2) is 11.0. The number of fused-ring (bicyclic) bond motifs is 10. The molecule has 4 nitrogen and oxygen atoms in total. The summed E-state index contributed by atoms with van der Waals surface area (Å²) in [5.41, 5.74) is 9.40. The maximum Gasteiger partial charge on any atom is 0.145 e. The van der Waals surface area contributed by atoms with Crippen molar-refractivity contribution in [2.45, 2.75) is 0 Å². The van der Waals surface area contributed by atoms with Gasteiger partial charge in [-0.1, -0.05) is 66.0 Å². The fourth-order valence-electron chi connectivity index (χ4n) is 6.43. The summed E-state index contributed by atoms with van der Waals surface area (Å²) < 4.78 is 8.75. The van der Waals surface area contributed by atoms with Crippen LogP contribution in [0.3, 0.4) is 0 Å². The number of aromatic nitrogens is 3.